The van der Waals surface area contributed by atoms with Crippen LogP contribution in [0.2, 0.25) is 0 Å². The molecule has 94 valence electrons. The normalized spacial score (nSPS) is 12.4. The van der Waals surface area contributed by atoms with Gasteiger partial charge in [0.1, 0.15) is 5.75 Å². The predicted octanol–water partition coefficient (Wildman–Crippen LogP) is 0.544. The molecule has 0 aliphatic heterocycles. The maximum Gasteiger partial charge on any atom is 0.233 e. The van der Waals surface area contributed by atoms with Crippen molar-refractivity contribution in [3.8, 4) is 0 Å². The fourth-order valence-electron chi connectivity index (χ4n) is 1.17. The predicted molar refractivity (Wildman–Crippen MR) is 67.8 cm³/mol. The van der Waals surface area contributed by atoms with E-state index in [0.29, 0.717) is 23.0 Å². The van der Waals surface area contributed by atoms with Crippen LogP contribution in [-0.2, 0) is 15.6 Å². The van der Waals surface area contributed by atoms with Crippen molar-refractivity contribution in [3.05, 3.63) is 18.5 Å². The molecule has 6 heteroatoms. The van der Waals surface area contributed by atoms with Crippen LogP contribution in [0.1, 0.15) is 13.8 Å². The van der Waals surface area contributed by atoms with Crippen LogP contribution < -0.4 is 11.1 Å². The molecule has 0 saturated carbocycles. The molecule has 17 heavy (non-hydrogen) atoms. The summed E-state index contributed by atoms with van der Waals surface area (Å²) in [5.41, 5.74) is 5.98. The van der Waals surface area contributed by atoms with Gasteiger partial charge in [-0.2, -0.15) is 0 Å². The van der Waals surface area contributed by atoms with Crippen LogP contribution in [0.3, 0.4) is 0 Å². The van der Waals surface area contributed by atoms with Crippen LogP contribution >= 0.6 is 0 Å². The third kappa shape index (κ3) is 4.52. The van der Waals surface area contributed by atoms with E-state index in [4.69, 9.17) is 5.73 Å². The number of carbonyl (C=O) groups is 1. The lowest BCUT2D eigenvalue weighted by Gasteiger charge is -2.08. The van der Waals surface area contributed by atoms with Gasteiger partial charge in [0, 0.05) is 12.7 Å². The molecule has 0 bridgehead atoms. The lowest BCUT2D eigenvalue weighted by atomic mass is 10.2. The van der Waals surface area contributed by atoms with E-state index >= 15 is 0 Å². The lowest BCUT2D eigenvalue weighted by Crippen LogP contribution is -2.31. The van der Waals surface area contributed by atoms with Gasteiger partial charge in [-0.25, -0.2) is 0 Å². The summed E-state index contributed by atoms with van der Waals surface area (Å²) in [5, 5.41) is 2.71. The first-order chi connectivity index (χ1) is 8.00. The Labute approximate surface area is 103 Å². The molecule has 0 fully saturated rings. The van der Waals surface area contributed by atoms with Crippen LogP contribution in [0, 0.1) is 5.92 Å². The summed E-state index contributed by atoms with van der Waals surface area (Å²) in [5.74, 6) is 0.0765. The second-order valence-electron chi connectivity index (χ2n) is 4.10. The molecule has 1 unspecified atom stereocenters. The van der Waals surface area contributed by atoms with Gasteiger partial charge >= 0.3 is 0 Å². The quantitative estimate of drug-likeness (QED) is 0.804. The van der Waals surface area contributed by atoms with Crippen molar-refractivity contribution in [1.82, 2.24) is 10.3 Å². The van der Waals surface area contributed by atoms with Gasteiger partial charge < -0.3 is 11.1 Å². The van der Waals surface area contributed by atoms with Gasteiger partial charge in [-0.1, -0.05) is 13.8 Å². The minimum atomic E-state index is -1.42. The molecule has 1 aromatic heterocycles. The van der Waals surface area contributed by atoms with Crippen molar-refractivity contribution in [2.75, 3.05) is 18.0 Å². The fourth-order valence-corrected chi connectivity index (χ4v) is 2.19. The number of carbonyl (C=O) groups excluding carboxylic acids is 1. The summed E-state index contributed by atoms with van der Waals surface area (Å²) in [4.78, 5) is 15.7. The Bertz CT molecular complexity index is 421. The number of amides is 1. The van der Waals surface area contributed by atoms with Crippen LogP contribution in [-0.4, -0.2) is 27.4 Å². The third-order valence-electron chi connectivity index (χ3n) is 2.03. The highest BCUT2D eigenvalue weighted by atomic mass is 32.2. The summed E-state index contributed by atoms with van der Waals surface area (Å²) in [6, 6.07) is 1.57. The summed E-state index contributed by atoms with van der Waals surface area (Å²) >= 11 is 0. The molecule has 0 aliphatic rings. The maximum absolute atomic E-state index is 11.9. The molecular formula is C11H17N3O2S. The fraction of sp³-hybridized carbons (Fsp3) is 0.455. The smallest absolute Gasteiger partial charge is 0.233 e. The van der Waals surface area contributed by atoms with Crippen molar-refractivity contribution in [2.45, 2.75) is 18.7 Å². The summed E-state index contributed by atoms with van der Waals surface area (Å²) in [7, 11) is -1.42. The van der Waals surface area contributed by atoms with Gasteiger partial charge in [0.15, 0.2) is 0 Å². The highest BCUT2D eigenvalue weighted by Gasteiger charge is 2.12. The molecule has 1 rings (SSSR count). The van der Waals surface area contributed by atoms with Crippen LogP contribution in [0.5, 0.6) is 0 Å². The number of nitrogens with two attached hydrogens (primary N) is 1. The van der Waals surface area contributed by atoms with E-state index in [2.05, 4.69) is 10.3 Å². The van der Waals surface area contributed by atoms with E-state index in [1.54, 1.807) is 6.07 Å². The van der Waals surface area contributed by atoms with Crippen LogP contribution in [0.25, 0.3) is 0 Å². The zero-order valence-corrected chi connectivity index (χ0v) is 10.8. The van der Waals surface area contributed by atoms with Crippen LogP contribution in [0.4, 0.5) is 5.69 Å². The molecule has 0 radical (unpaired) electrons. The Morgan fingerprint density at radius 1 is 1.59 bits per heavy atom. The number of nitrogens with one attached hydrogen (secondary N) is 1. The minimum absolute atomic E-state index is 0.0685. The first-order valence-corrected chi connectivity index (χ1v) is 6.67. The maximum atomic E-state index is 11.9. The van der Waals surface area contributed by atoms with E-state index in [9.17, 15) is 9.00 Å². The zero-order chi connectivity index (χ0) is 12.8. The molecule has 0 aliphatic carbocycles. The zero-order valence-electron chi connectivity index (χ0n) is 9.97. The number of hydrogen-bond donors (Lipinski definition) is 2. The minimum Gasteiger partial charge on any atom is -0.396 e. The highest BCUT2D eigenvalue weighted by molar-refractivity contribution is 7.86. The topological polar surface area (TPSA) is 85.1 Å². The SMILES string of the molecule is CC(C)CNC(=O)CS(=O)c1ccncc1N. The van der Waals surface area contributed by atoms with Crippen molar-refractivity contribution in [1.29, 1.82) is 0 Å². The summed E-state index contributed by atoms with van der Waals surface area (Å²) in [6.07, 6.45) is 2.94. The average molecular weight is 255 g/mol. The Kier molecular flexibility index (Phi) is 5.09. The molecule has 1 amide bonds. The number of rotatable bonds is 5. The molecule has 1 atom stereocenters. The van der Waals surface area contributed by atoms with Crippen molar-refractivity contribution >= 4 is 22.4 Å². The number of hydrogen-bond acceptors (Lipinski definition) is 4. The van der Waals surface area contributed by atoms with Gasteiger partial charge in [-0.05, 0) is 12.0 Å². The standard InChI is InChI=1S/C11H17N3O2S/c1-8(2)5-14-11(15)7-17(16)10-3-4-13-6-9(10)12/h3-4,6,8H,5,7,12H2,1-2H3,(H,14,15). The molecule has 3 N–H and O–H groups in total. The Balaban J connectivity index is 2.55. The van der Waals surface area contributed by atoms with Gasteiger partial charge in [-0.15, -0.1) is 0 Å². The van der Waals surface area contributed by atoms with E-state index < -0.39 is 10.8 Å². The first-order valence-electron chi connectivity index (χ1n) is 5.35. The molecule has 0 saturated heterocycles. The number of nitrogen functional groups attached to an aromatic ring is 1. The van der Waals surface area contributed by atoms with E-state index in [1.807, 2.05) is 13.8 Å². The average Bonchev–Trinajstić information content (AvgIpc) is 2.26. The van der Waals surface area contributed by atoms with Gasteiger partial charge in [0.25, 0.3) is 0 Å². The summed E-state index contributed by atoms with van der Waals surface area (Å²) in [6.45, 7) is 4.58. The molecule has 0 spiro atoms. The Morgan fingerprint density at radius 3 is 2.88 bits per heavy atom. The summed E-state index contributed by atoms with van der Waals surface area (Å²) < 4.78 is 11.9. The number of pyridine rings is 1. The van der Waals surface area contributed by atoms with Crippen molar-refractivity contribution < 1.29 is 9.00 Å². The van der Waals surface area contributed by atoms with Crippen molar-refractivity contribution in [2.24, 2.45) is 5.92 Å². The Hall–Kier alpha value is -1.43. The highest BCUT2D eigenvalue weighted by Crippen LogP contribution is 2.13. The third-order valence-corrected chi connectivity index (χ3v) is 3.41. The molecule has 0 aromatic carbocycles. The molecule has 1 heterocycles. The van der Waals surface area contributed by atoms with E-state index in [-0.39, 0.29) is 11.7 Å². The molecule has 1 aromatic rings. The molecule has 5 nitrogen and oxygen atoms in total. The van der Waals surface area contributed by atoms with Gasteiger partial charge in [-0.3, -0.25) is 14.0 Å². The Morgan fingerprint density at radius 2 is 2.29 bits per heavy atom. The van der Waals surface area contributed by atoms with E-state index in [0.717, 1.165) is 0 Å². The number of aromatic nitrogens is 1. The van der Waals surface area contributed by atoms with Gasteiger partial charge in [0.2, 0.25) is 5.91 Å². The number of anilines is 1. The number of nitrogens with zero attached hydrogens (tertiary/aromatic N) is 1. The molecular weight excluding hydrogens is 238 g/mol. The van der Waals surface area contributed by atoms with Crippen molar-refractivity contribution in [3.63, 3.8) is 0 Å². The second kappa shape index (κ2) is 6.34. The largest absolute Gasteiger partial charge is 0.396 e. The first kappa shape index (κ1) is 13.6. The lowest BCUT2D eigenvalue weighted by molar-refractivity contribution is -0.118. The second-order valence-corrected chi connectivity index (χ2v) is 5.52. The van der Waals surface area contributed by atoms with Gasteiger partial charge in [0.05, 0.1) is 27.6 Å². The van der Waals surface area contributed by atoms with Crippen LogP contribution in [0.15, 0.2) is 23.4 Å². The van der Waals surface area contributed by atoms with E-state index in [1.165, 1.54) is 12.4 Å². The monoisotopic (exact) mass is 255 g/mol.